The maximum atomic E-state index is 10.9. The lowest BCUT2D eigenvalue weighted by Crippen LogP contribution is -2.61. The van der Waals surface area contributed by atoms with Gasteiger partial charge in [-0.15, -0.1) is 11.6 Å². The minimum Gasteiger partial charge on any atom is -0.387 e. The molecule has 28 heavy (non-hydrogen) atoms. The average Bonchev–Trinajstić information content (AvgIpc) is 3.25. The summed E-state index contributed by atoms with van der Waals surface area (Å²) in [5.74, 6) is 1.20. The fourth-order valence-corrected chi connectivity index (χ4v) is 6.94. The number of ether oxygens (including phenoxy) is 2. The summed E-state index contributed by atoms with van der Waals surface area (Å²) in [6.07, 6.45) is 2.39. The number of hydrogen-bond acceptors (Lipinski definition) is 7. The van der Waals surface area contributed by atoms with Crippen LogP contribution in [0.3, 0.4) is 0 Å². The maximum Gasteiger partial charge on any atom is 0.141 e. The monoisotopic (exact) mass is 415 g/mol. The van der Waals surface area contributed by atoms with Crippen LogP contribution < -0.4 is 10.6 Å². The van der Waals surface area contributed by atoms with E-state index in [0.717, 1.165) is 45.3 Å². The lowest BCUT2D eigenvalue weighted by Gasteiger charge is -2.45. The van der Waals surface area contributed by atoms with Crippen LogP contribution in [0.4, 0.5) is 0 Å². The molecule has 8 heteroatoms. The number of aliphatic hydroxyl groups is 2. The molecule has 0 radical (unpaired) electrons. The Labute approximate surface area is 172 Å². The number of fused-ring (bicyclic) bond motifs is 2. The van der Waals surface area contributed by atoms with E-state index >= 15 is 0 Å². The smallest absolute Gasteiger partial charge is 0.141 e. The van der Waals surface area contributed by atoms with Gasteiger partial charge in [0.2, 0.25) is 0 Å². The predicted octanol–water partition coefficient (Wildman–Crippen LogP) is 0.433. The first kappa shape index (κ1) is 19.9. The van der Waals surface area contributed by atoms with Crippen LogP contribution in [0.5, 0.6) is 0 Å². The fourth-order valence-electron chi connectivity index (χ4n) is 6.48. The molecule has 4 heterocycles. The van der Waals surface area contributed by atoms with E-state index in [9.17, 15) is 10.2 Å². The number of halogens is 1. The number of likely N-dealkylation sites (tertiary alicyclic amines) is 1. The Morgan fingerprint density at radius 3 is 2.68 bits per heavy atom. The minimum absolute atomic E-state index is 0.170. The van der Waals surface area contributed by atoms with Gasteiger partial charge >= 0.3 is 0 Å². The number of alkyl halides is 1. The number of nitrogens with one attached hydrogen (secondary N) is 2. The normalized spacial score (nSPS) is 55.1. The van der Waals surface area contributed by atoms with E-state index in [0.29, 0.717) is 30.4 Å². The topological polar surface area (TPSA) is 86.2 Å². The summed E-state index contributed by atoms with van der Waals surface area (Å²) in [5.41, 5.74) is 0. The van der Waals surface area contributed by atoms with Crippen molar-refractivity contribution in [3.63, 3.8) is 0 Å². The average molecular weight is 416 g/mol. The molecule has 5 aliphatic rings. The lowest BCUT2D eigenvalue weighted by molar-refractivity contribution is -0.174. The van der Waals surface area contributed by atoms with E-state index in [1.54, 1.807) is 0 Å². The Balaban J connectivity index is 1.32. The van der Waals surface area contributed by atoms with Gasteiger partial charge in [-0.05, 0) is 44.4 Å². The SMILES string of the molecule is CC1NCNC2C1CCN2[C@@H]1O[C@H]([C@@H]2OCCC3C(Cl)CCCC32)[C@@H](O)[C@H]1O. The van der Waals surface area contributed by atoms with E-state index < -0.39 is 24.5 Å². The largest absolute Gasteiger partial charge is 0.387 e. The zero-order chi connectivity index (χ0) is 19.4. The molecule has 0 aromatic carbocycles. The van der Waals surface area contributed by atoms with Crippen molar-refractivity contribution >= 4 is 11.6 Å². The first-order valence-electron chi connectivity index (χ1n) is 11.1. The Morgan fingerprint density at radius 2 is 1.82 bits per heavy atom. The van der Waals surface area contributed by atoms with Crippen molar-refractivity contribution in [1.29, 1.82) is 0 Å². The highest BCUT2D eigenvalue weighted by Gasteiger charge is 2.56. The third-order valence-electron chi connectivity index (χ3n) is 8.00. The molecular formula is C20H34ClN3O4. The molecule has 1 aliphatic carbocycles. The van der Waals surface area contributed by atoms with Gasteiger partial charge in [0.25, 0.3) is 0 Å². The molecule has 0 amide bonds. The molecule has 160 valence electrons. The molecular weight excluding hydrogens is 382 g/mol. The molecule has 5 rings (SSSR count). The fraction of sp³-hybridized carbons (Fsp3) is 1.00. The van der Waals surface area contributed by atoms with Crippen molar-refractivity contribution in [3.8, 4) is 0 Å². The van der Waals surface area contributed by atoms with Crippen LogP contribution in [0.15, 0.2) is 0 Å². The molecule has 1 saturated carbocycles. The first-order valence-corrected chi connectivity index (χ1v) is 11.5. The van der Waals surface area contributed by atoms with Gasteiger partial charge in [0.1, 0.15) is 24.5 Å². The van der Waals surface area contributed by atoms with Gasteiger partial charge < -0.3 is 25.0 Å². The van der Waals surface area contributed by atoms with E-state index in [-0.39, 0.29) is 17.6 Å². The van der Waals surface area contributed by atoms with Crippen molar-refractivity contribution in [2.75, 3.05) is 19.8 Å². The van der Waals surface area contributed by atoms with Gasteiger partial charge in [-0.1, -0.05) is 6.42 Å². The van der Waals surface area contributed by atoms with Crippen molar-refractivity contribution in [3.05, 3.63) is 0 Å². The zero-order valence-electron chi connectivity index (χ0n) is 16.5. The summed E-state index contributed by atoms with van der Waals surface area (Å²) >= 11 is 6.62. The number of aliphatic hydroxyl groups excluding tert-OH is 2. The van der Waals surface area contributed by atoms with Crippen molar-refractivity contribution in [1.82, 2.24) is 15.5 Å². The number of hydrogen-bond donors (Lipinski definition) is 4. The molecule has 11 atom stereocenters. The molecule has 0 aromatic rings. The summed E-state index contributed by atoms with van der Waals surface area (Å²) < 4.78 is 12.5. The van der Waals surface area contributed by atoms with Crippen LogP contribution >= 0.6 is 11.6 Å². The molecule has 7 nitrogen and oxygen atoms in total. The third kappa shape index (κ3) is 3.23. The van der Waals surface area contributed by atoms with Crippen molar-refractivity contribution in [2.24, 2.45) is 17.8 Å². The van der Waals surface area contributed by atoms with Gasteiger partial charge in [0.15, 0.2) is 0 Å². The lowest BCUT2D eigenvalue weighted by atomic mass is 9.71. The molecule has 4 N–H and O–H groups in total. The Morgan fingerprint density at radius 1 is 0.964 bits per heavy atom. The second-order valence-electron chi connectivity index (χ2n) is 9.38. The molecule has 4 saturated heterocycles. The van der Waals surface area contributed by atoms with Gasteiger partial charge in [-0.3, -0.25) is 10.2 Å². The summed E-state index contributed by atoms with van der Waals surface area (Å²) in [7, 11) is 0. The zero-order valence-corrected chi connectivity index (χ0v) is 17.3. The molecule has 5 fully saturated rings. The highest BCUT2D eigenvalue weighted by Crippen LogP contribution is 2.45. The van der Waals surface area contributed by atoms with Crippen LogP contribution in [0.25, 0.3) is 0 Å². The second kappa shape index (κ2) is 7.93. The maximum absolute atomic E-state index is 10.9. The van der Waals surface area contributed by atoms with E-state index in [1.807, 2.05) is 0 Å². The van der Waals surface area contributed by atoms with E-state index in [4.69, 9.17) is 21.1 Å². The number of rotatable bonds is 2. The second-order valence-corrected chi connectivity index (χ2v) is 9.94. The quantitative estimate of drug-likeness (QED) is 0.487. The summed E-state index contributed by atoms with van der Waals surface area (Å²) in [6.45, 7) is 4.48. The highest BCUT2D eigenvalue weighted by atomic mass is 35.5. The summed E-state index contributed by atoms with van der Waals surface area (Å²) in [5, 5.41) is 28.9. The predicted molar refractivity (Wildman–Crippen MR) is 105 cm³/mol. The van der Waals surface area contributed by atoms with Crippen LogP contribution in [0, 0.1) is 17.8 Å². The van der Waals surface area contributed by atoms with Crippen molar-refractivity contribution < 1.29 is 19.7 Å². The van der Waals surface area contributed by atoms with E-state index in [1.165, 1.54) is 0 Å². The molecule has 6 unspecified atom stereocenters. The molecule has 0 bridgehead atoms. The summed E-state index contributed by atoms with van der Waals surface area (Å²) in [4.78, 5) is 2.21. The third-order valence-corrected chi connectivity index (χ3v) is 8.54. The standard InChI is InChI=1S/C20H34ClN3O4/c1-10-11-5-7-24(19(11)23-9-22-10)20-16(26)15(25)18(28-20)17-13-3-2-4-14(21)12(13)6-8-27-17/h10-20,22-23,25-26H,2-9H2,1H3/t10?,11?,12?,13?,14?,15-,16+,17+,18-,19?,20+/m0/s1. The Kier molecular flexibility index (Phi) is 5.65. The van der Waals surface area contributed by atoms with E-state index in [2.05, 4.69) is 22.5 Å². The van der Waals surface area contributed by atoms with Gasteiger partial charge in [0.05, 0.1) is 12.3 Å². The van der Waals surface area contributed by atoms with Crippen LogP contribution in [0.2, 0.25) is 0 Å². The highest BCUT2D eigenvalue weighted by molar-refractivity contribution is 6.20. The minimum atomic E-state index is -0.928. The van der Waals surface area contributed by atoms with Gasteiger partial charge in [-0.25, -0.2) is 0 Å². The van der Waals surface area contributed by atoms with Gasteiger partial charge in [0, 0.05) is 37.2 Å². The summed E-state index contributed by atoms with van der Waals surface area (Å²) in [6, 6.07) is 0.431. The first-order chi connectivity index (χ1) is 13.6. The number of nitrogens with zero attached hydrogens (tertiary/aromatic N) is 1. The van der Waals surface area contributed by atoms with Crippen LogP contribution in [0.1, 0.15) is 39.0 Å². The molecule has 0 spiro atoms. The van der Waals surface area contributed by atoms with Gasteiger partial charge in [-0.2, -0.15) is 0 Å². The van der Waals surface area contributed by atoms with Crippen LogP contribution in [-0.2, 0) is 9.47 Å². The van der Waals surface area contributed by atoms with Crippen molar-refractivity contribution in [2.45, 2.75) is 87.3 Å². The molecule has 0 aromatic heterocycles. The van der Waals surface area contributed by atoms with Crippen LogP contribution in [-0.4, -0.2) is 83.2 Å². The Hall–Kier alpha value is 0.01000. The Bertz CT molecular complexity index is 572. The molecule has 4 aliphatic heterocycles.